The van der Waals surface area contributed by atoms with Crippen LogP contribution < -0.4 is 15.5 Å². The number of anilines is 2. The first-order valence-corrected chi connectivity index (χ1v) is 7.57. The van der Waals surface area contributed by atoms with Gasteiger partial charge in [-0.1, -0.05) is 18.2 Å². The Hall–Kier alpha value is -2.07. The summed E-state index contributed by atoms with van der Waals surface area (Å²) in [5, 5.41) is 0. The molecule has 1 aliphatic rings. The van der Waals surface area contributed by atoms with E-state index >= 15 is 0 Å². The molecular weight excluding hydrogens is 260 g/mol. The summed E-state index contributed by atoms with van der Waals surface area (Å²) in [7, 11) is 0. The largest absolute Gasteiger partial charge is 0.368 e. The molecule has 4 nitrogen and oxygen atoms in total. The Balaban J connectivity index is 1.64. The summed E-state index contributed by atoms with van der Waals surface area (Å²) < 4.78 is 0. The highest BCUT2D eigenvalue weighted by atomic mass is 15.3. The lowest BCUT2D eigenvalue weighted by molar-refractivity contribution is 0.647. The topological polar surface area (TPSA) is 45.4 Å². The van der Waals surface area contributed by atoms with E-state index in [1.54, 1.807) is 0 Å². The van der Waals surface area contributed by atoms with E-state index in [-0.39, 0.29) is 0 Å². The number of piperazine rings is 1. The Kier molecular flexibility index (Phi) is 4.36. The van der Waals surface area contributed by atoms with E-state index in [1.165, 1.54) is 11.3 Å². The number of rotatable bonds is 4. The van der Waals surface area contributed by atoms with Gasteiger partial charge in [0, 0.05) is 38.1 Å². The minimum absolute atomic E-state index is 0.705. The third kappa shape index (κ3) is 3.34. The van der Waals surface area contributed by atoms with Crippen molar-refractivity contribution < 1.29 is 0 Å². The summed E-state index contributed by atoms with van der Waals surface area (Å²) >= 11 is 0. The zero-order valence-electron chi connectivity index (χ0n) is 12.3. The van der Waals surface area contributed by atoms with Crippen molar-refractivity contribution in [1.29, 1.82) is 0 Å². The molecule has 0 bridgehead atoms. The molecule has 1 saturated heterocycles. The van der Waals surface area contributed by atoms with Gasteiger partial charge in [0.05, 0.1) is 0 Å². The van der Waals surface area contributed by atoms with E-state index in [0.717, 1.165) is 38.4 Å². The minimum Gasteiger partial charge on any atom is -0.368 e. The van der Waals surface area contributed by atoms with Crippen molar-refractivity contribution in [2.24, 2.45) is 5.73 Å². The van der Waals surface area contributed by atoms with Gasteiger partial charge in [-0.25, -0.2) is 4.98 Å². The second kappa shape index (κ2) is 6.59. The van der Waals surface area contributed by atoms with Crippen molar-refractivity contribution in [3.05, 3.63) is 54.2 Å². The quantitative estimate of drug-likeness (QED) is 0.930. The van der Waals surface area contributed by atoms with Gasteiger partial charge >= 0.3 is 0 Å². The Labute approximate surface area is 126 Å². The molecule has 0 aliphatic carbocycles. The molecule has 2 N–H and O–H groups in total. The predicted molar refractivity (Wildman–Crippen MR) is 87.9 cm³/mol. The highest BCUT2D eigenvalue weighted by Gasteiger charge is 2.18. The van der Waals surface area contributed by atoms with E-state index in [0.29, 0.717) is 6.54 Å². The molecule has 3 rings (SSSR count). The van der Waals surface area contributed by atoms with Crippen molar-refractivity contribution in [2.45, 2.75) is 6.42 Å². The molecule has 0 radical (unpaired) electrons. The molecule has 0 saturated carbocycles. The van der Waals surface area contributed by atoms with Crippen molar-refractivity contribution in [1.82, 2.24) is 4.98 Å². The lowest BCUT2D eigenvalue weighted by Gasteiger charge is -2.36. The minimum atomic E-state index is 0.705. The van der Waals surface area contributed by atoms with Crippen LogP contribution in [0.4, 0.5) is 11.5 Å². The Morgan fingerprint density at radius 2 is 1.76 bits per heavy atom. The maximum absolute atomic E-state index is 5.64. The summed E-state index contributed by atoms with van der Waals surface area (Å²) in [5.41, 5.74) is 8.27. The molecule has 110 valence electrons. The summed E-state index contributed by atoms with van der Waals surface area (Å²) in [6.07, 6.45) is 2.81. The van der Waals surface area contributed by atoms with Crippen LogP contribution in [0.2, 0.25) is 0 Å². The van der Waals surface area contributed by atoms with E-state index < -0.39 is 0 Å². The molecule has 1 fully saturated rings. The average Bonchev–Trinajstić information content (AvgIpc) is 2.56. The molecule has 2 aromatic rings. The molecule has 21 heavy (non-hydrogen) atoms. The van der Waals surface area contributed by atoms with Gasteiger partial charge < -0.3 is 15.5 Å². The molecule has 0 spiro atoms. The average molecular weight is 282 g/mol. The Morgan fingerprint density at radius 1 is 0.952 bits per heavy atom. The highest BCUT2D eigenvalue weighted by Crippen LogP contribution is 2.20. The molecule has 2 heterocycles. The maximum Gasteiger partial charge on any atom is 0.128 e. The van der Waals surface area contributed by atoms with Crippen molar-refractivity contribution in [3.63, 3.8) is 0 Å². The lowest BCUT2D eigenvalue weighted by Crippen LogP contribution is -2.46. The van der Waals surface area contributed by atoms with Crippen LogP contribution in [0.1, 0.15) is 5.56 Å². The Morgan fingerprint density at radius 3 is 2.48 bits per heavy atom. The lowest BCUT2D eigenvalue weighted by atomic mass is 10.1. The third-order valence-electron chi connectivity index (χ3n) is 3.96. The van der Waals surface area contributed by atoms with E-state index in [2.05, 4.69) is 45.1 Å². The van der Waals surface area contributed by atoms with Crippen molar-refractivity contribution in [2.75, 3.05) is 42.5 Å². The van der Waals surface area contributed by atoms with Gasteiger partial charge in [0.2, 0.25) is 0 Å². The van der Waals surface area contributed by atoms with Gasteiger partial charge in [-0.15, -0.1) is 0 Å². The second-order valence-electron chi connectivity index (χ2n) is 5.37. The molecule has 0 unspecified atom stereocenters. The van der Waals surface area contributed by atoms with Crippen LogP contribution in [0.25, 0.3) is 0 Å². The van der Waals surface area contributed by atoms with Crippen LogP contribution in [-0.4, -0.2) is 37.7 Å². The van der Waals surface area contributed by atoms with Crippen LogP contribution in [0.3, 0.4) is 0 Å². The number of benzene rings is 1. The van der Waals surface area contributed by atoms with Crippen LogP contribution in [0, 0.1) is 0 Å². The second-order valence-corrected chi connectivity index (χ2v) is 5.37. The Bertz CT molecular complexity index is 562. The first-order valence-electron chi connectivity index (χ1n) is 7.57. The first-order chi connectivity index (χ1) is 10.4. The van der Waals surface area contributed by atoms with Crippen molar-refractivity contribution in [3.8, 4) is 0 Å². The molecule has 1 aliphatic heterocycles. The predicted octanol–water partition coefficient (Wildman–Crippen LogP) is 1.91. The number of aromatic nitrogens is 1. The van der Waals surface area contributed by atoms with Gasteiger partial charge in [0.25, 0.3) is 0 Å². The molecule has 0 atom stereocenters. The molecule has 1 aromatic carbocycles. The van der Waals surface area contributed by atoms with Gasteiger partial charge in [-0.2, -0.15) is 0 Å². The summed E-state index contributed by atoms with van der Waals surface area (Å²) in [6, 6.07) is 14.8. The number of pyridine rings is 1. The van der Waals surface area contributed by atoms with Gasteiger partial charge in [0.15, 0.2) is 0 Å². The van der Waals surface area contributed by atoms with Crippen LogP contribution >= 0.6 is 0 Å². The first kappa shape index (κ1) is 13.9. The summed E-state index contributed by atoms with van der Waals surface area (Å²) in [6.45, 7) is 4.79. The van der Waals surface area contributed by atoms with Crippen LogP contribution in [0.15, 0.2) is 48.7 Å². The SMILES string of the molecule is NCCc1cccc(N2CCN(c3ccccn3)CC2)c1. The number of nitrogens with zero attached hydrogens (tertiary/aromatic N) is 3. The zero-order valence-corrected chi connectivity index (χ0v) is 12.3. The smallest absolute Gasteiger partial charge is 0.128 e. The number of hydrogen-bond acceptors (Lipinski definition) is 4. The van der Waals surface area contributed by atoms with Gasteiger partial charge in [-0.3, -0.25) is 0 Å². The van der Waals surface area contributed by atoms with Gasteiger partial charge in [0.1, 0.15) is 5.82 Å². The zero-order chi connectivity index (χ0) is 14.5. The third-order valence-corrected chi connectivity index (χ3v) is 3.96. The van der Waals surface area contributed by atoms with Crippen LogP contribution in [0.5, 0.6) is 0 Å². The van der Waals surface area contributed by atoms with E-state index in [4.69, 9.17) is 5.73 Å². The number of hydrogen-bond donors (Lipinski definition) is 1. The maximum atomic E-state index is 5.64. The fourth-order valence-electron chi connectivity index (χ4n) is 2.81. The van der Waals surface area contributed by atoms with Crippen LogP contribution in [-0.2, 0) is 6.42 Å². The fraction of sp³-hybridized carbons (Fsp3) is 0.353. The normalized spacial score (nSPS) is 15.3. The number of nitrogens with two attached hydrogens (primary N) is 1. The highest BCUT2D eigenvalue weighted by molar-refractivity contribution is 5.51. The molecular formula is C17H22N4. The molecule has 4 heteroatoms. The fourth-order valence-corrected chi connectivity index (χ4v) is 2.81. The standard InChI is InChI=1S/C17H22N4/c18-8-7-15-4-3-5-16(14-15)20-10-12-21(13-11-20)17-6-1-2-9-19-17/h1-6,9,14H,7-8,10-13,18H2. The molecule has 1 aromatic heterocycles. The summed E-state index contributed by atoms with van der Waals surface area (Å²) in [4.78, 5) is 9.22. The van der Waals surface area contributed by atoms with E-state index in [1.807, 2.05) is 18.3 Å². The van der Waals surface area contributed by atoms with Crippen molar-refractivity contribution >= 4 is 11.5 Å². The summed E-state index contributed by atoms with van der Waals surface area (Å²) in [5.74, 6) is 1.08. The molecule has 0 amide bonds. The van der Waals surface area contributed by atoms with E-state index in [9.17, 15) is 0 Å². The van der Waals surface area contributed by atoms with Gasteiger partial charge in [-0.05, 0) is 42.8 Å². The monoisotopic (exact) mass is 282 g/mol.